The lowest BCUT2D eigenvalue weighted by atomic mass is 10.0. The van der Waals surface area contributed by atoms with Gasteiger partial charge in [0.1, 0.15) is 5.82 Å². The molecule has 0 saturated carbocycles. The first-order valence-electron chi connectivity index (χ1n) is 11.4. The normalized spacial score (nSPS) is 19.4. The van der Waals surface area contributed by atoms with E-state index in [1.807, 2.05) is 11.0 Å². The van der Waals surface area contributed by atoms with Crippen LogP contribution in [0.25, 0.3) is 11.4 Å². The third-order valence-corrected chi connectivity index (χ3v) is 6.54. The van der Waals surface area contributed by atoms with Gasteiger partial charge in [0.05, 0.1) is 38.4 Å². The van der Waals surface area contributed by atoms with Gasteiger partial charge in [-0.3, -0.25) is 14.5 Å². The van der Waals surface area contributed by atoms with Crippen LogP contribution in [-0.2, 0) is 9.59 Å². The molecule has 3 aromatic rings. The minimum Gasteiger partial charge on any atom is -0.493 e. The summed E-state index contributed by atoms with van der Waals surface area (Å²) in [5, 5.41) is 13.0. The molecule has 3 heterocycles. The number of aromatic nitrogens is 4. The summed E-state index contributed by atoms with van der Waals surface area (Å²) in [4.78, 5) is 30.4. The smallest absolute Gasteiger partial charge is 0.251 e. The van der Waals surface area contributed by atoms with Gasteiger partial charge in [-0.15, -0.1) is 10.2 Å². The largest absolute Gasteiger partial charge is 0.493 e. The summed E-state index contributed by atoms with van der Waals surface area (Å²) in [5.74, 6) is 0.734. The molecule has 0 unspecified atom stereocenters. The number of likely N-dealkylation sites (tertiary alicyclic amines) is 1. The van der Waals surface area contributed by atoms with Crippen molar-refractivity contribution < 1.29 is 23.5 Å². The lowest BCUT2D eigenvalue weighted by Crippen LogP contribution is -2.46. The first kappa shape index (κ1) is 22.9. The lowest BCUT2D eigenvalue weighted by molar-refractivity contribution is -0.123. The number of carbonyl (C=O) groups is 2. The number of imide groups is 1. The second-order valence-corrected chi connectivity index (χ2v) is 8.53. The molecule has 5 rings (SSSR count). The molecule has 2 aliphatic heterocycles. The van der Waals surface area contributed by atoms with Gasteiger partial charge < -0.3 is 9.47 Å². The van der Waals surface area contributed by atoms with E-state index in [4.69, 9.17) is 9.47 Å². The van der Waals surface area contributed by atoms with E-state index < -0.39 is 11.9 Å². The zero-order valence-corrected chi connectivity index (χ0v) is 19.4. The molecule has 35 heavy (non-hydrogen) atoms. The number of piperidine rings is 1. The average molecular weight is 481 g/mol. The molecule has 11 heteroatoms. The molecule has 10 nitrogen and oxygen atoms in total. The maximum absolute atomic E-state index is 13.3. The van der Waals surface area contributed by atoms with E-state index >= 15 is 0 Å². The molecule has 1 aromatic heterocycles. The van der Waals surface area contributed by atoms with Crippen LogP contribution in [-0.4, -0.2) is 70.3 Å². The average Bonchev–Trinajstić information content (AvgIpc) is 3.49. The monoisotopic (exact) mass is 480 g/mol. The Morgan fingerprint density at radius 2 is 1.69 bits per heavy atom. The number of methoxy groups -OCH3 is 2. The SMILES string of the molecule is COc1ccc(-c2nnn(C3CCN([C@@H]4CC(=O)N(c5ccc(F)cc5)C4=O)CC3)n2)cc1OC. The number of hydrogen-bond acceptors (Lipinski definition) is 8. The van der Waals surface area contributed by atoms with Crippen LogP contribution in [0.1, 0.15) is 25.3 Å². The van der Waals surface area contributed by atoms with Gasteiger partial charge in [0.15, 0.2) is 11.5 Å². The molecule has 0 N–H and O–H groups in total. The van der Waals surface area contributed by atoms with Crippen molar-refractivity contribution in [3.8, 4) is 22.9 Å². The van der Waals surface area contributed by atoms with Gasteiger partial charge in [0, 0.05) is 18.7 Å². The van der Waals surface area contributed by atoms with Crippen LogP contribution in [0.5, 0.6) is 11.5 Å². The Labute approximate surface area is 201 Å². The minimum atomic E-state index is -0.514. The van der Waals surface area contributed by atoms with Crippen molar-refractivity contribution in [2.45, 2.75) is 31.3 Å². The zero-order chi connectivity index (χ0) is 24.5. The molecule has 0 radical (unpaired) electrons. The first-order valence-corrected chi connectivity index (χ1v) is 11.4. The zero-order valence-electron chi connectivity index (χ0n) is 19.4. The van der Waals surface area contributed by atoms with Crippen LogP contribution < -0.4 is 14.4 Å². The van der Waals surface area contributed by atoms with E-state index in [1.54, 1.807) is 31.1 Å². The van der Waals surface area contributed by atoms with Gasteiger partial charge in [0.2, 0.25) is 11.7 Å². The Bertz CT molecular complexity index is 1240. The number of hydrogen-bond donors (Lipinski definition) is 0. The highest BCUT2D eigenvalue weighted by molar-refractivity contribution is 6.22. The third kappa shape index (κ3) is 4.34. The van der Waals surface area contributed by atoms with Crippen LogP contribution in [0.15, 0.2) is 42.5 Å². The van der Waals surface area contributed by atoms with Crippen molar-refractivity contribution in [2.24, 2.45) is 0 Å². The van der Waals surface area contributed by atoms with E-state index in [-0.39, 0.29) is 24.3 Å². The maximum Gasteiger partial charge on any atom is 0.251 e. The Hall–Kier alpha value is -3.86. The van der Waals surface area contributed by atoms with Gasteiger partial charge in [-0.2, -0.15) is 4.80 Å². The highest BCUT2D eigenvalue weighted by atomic mass is 19.1. The molecule has 2 aliphatic rings. The Morgan fingerprint density at radius 3 is 2.37 bits per heavy atom. The number of anilines is 1. The maximum atomic E-state index is 13.3. The Kier molecular flexibility index (Phi) is 6.16. The number of ether oxygens (including phenoxy) is 2. The molecule has 0 aliphatic carbocycles. The molecule has 0 spiro atoms. The van der Waals surface area contributed by atoms with Crippen molar-refractivity contribution in [2.75, 3.05) is 32.2 Å². The molecular formula is C24H25FN6O4. The van der Waals surface area contributed by atoms with E-state index in [0.29, 0.717) is 36.1 Å². The van der Waals surface area contributed by atoms with Crippen molar-refractivity contribution in [1.29, 1.82) is 0 Å². The number of halogens is 1. The van der Waals surface area contributed by atoms with Crippen molar-refractivity contribution in [1.82, 2.24) is 25.1 Å². The summed E-state index contributed by atoms with van der Waals surface area (Å²) in [6, 6.07) is 10.4. The fraction of sp³-hybridized carbons (Fsp3) is 0.375. The summed E-state index contributed by atoms with van der Waals surface area (Å²) in [7, 11) is 3.15. The number of carbonyl (C=O) groups excluding carboxylic acids is 2. The highest BCUT2D eigenvalue weighted by Crippen LogP contribution is 2.32. The van der Waals surface area contributed by atoms with Crippen molar-refractivity contribution in [3.05, 3.63) is 48.3 Å². The fourth-order valence-corrected chi connectivity index (χ4v) is 4.66. The van der Waals surface area contributed by atoms with Crippen LogP contribution in [0.3, 0.4) is 0 Å². The molecular weight excluding hydrogens is 455 g/mol. The van der Waals surface area contributed by atoms with E-state index in [9.17, 15) is 14.0 Å². The summed E-state index contributed by atoms with van der Waals surface area (Å²) >= 11 is 0. The quantitative estimate of drug-likeness (QED) is 0.496. The van der Waals surface area contributed by atoms with Crippen LogP contribution in [0, 0.1) is 5.82 Å². The molecule has 182 valence electrons. The molecule has 2 saturated heterocycles. The molecule has 2 amide bonds. The third-order valence-electron chi connectivity index (χ3n) is 6.54. The standard InChI is InChI=1S/C24H25FN6O4/c1-34-20-8-3-15(13-21(20)35-2)23-26-28-31(27-23)18-9-11-29(12-10-18)19-14-22(32)30(24(19)33)17-6-4-16(25)5-7-17/h3-8,13,18-19H,9-12,14H2,1-2H3/t19-/m1/s1. The Balaban J connectivity index is 1.24. The van der Waals surface area contributed by atoms with E-state index in [1.165, 1.54) is 24.3 Å². The van der Waals surface area contributed by atoms with Gasteiger partial charge in [0.25, 0.3) is 5.91 Å². The predicted octanol–water partition coefficient (Wildman–Crippen LogP) is 2.47. The molecule has 2 aromatic carbocycles. The summed E-state index contributed by atoms with van der Waals surface area (Å²) in [6.07, 6.45) is 1.55. The van der Waals surface area contributed by atoms with Crippen LogP contribution in [0.4, 0.5) is 10.1 Å². The lowest BCUT2D eigenvalue weighted by Gasteiger charge is -2.34. The second kappa shape index (κ2) is 9.41. The van der Waals surface area contributed by atoms with Gasteiger partial charge in [-0.25, -0.2) is 9.29 Å². The number of amides is 2. The van der Waals surface area contributed by atoms with Crippen LogP contribution >= 0.6 is 0 Å². The molecule has 1 atom stereocenters. The van der Waals surface area contributed by atoms with Crippen LogP contribution in [0.2, 0.25) is 0 Å². The number of benzene rings is 2. The number of rotatable bonds is 6. The van der Waals surface area contributed by atoms with E-state index in [0.717, 1.165) is 23.3 Å². The van der Waals surface area contributed by atoms with Gasteiger partial charge >= 0.3 is 0 Å². The summed E-state index contributed by atoms with van der Waals surface area (Å²) in [5.41, 5.74) is 1.16. The summed E-state index contributed by atoms with van der Waals surface area (Å²) in [6.45, 7) is 1.25. The van der Waals surface area contributed by atoms with Crippen molar-refractivity contribution >= 4 is 17.5 Å². The fourth-order valence-electron chi connectivity index (χ4n) is 4.66. The van der Waals surface area contributed by atoms with Crippen molar-refractivity contribution in [3.63, 3.8) is 0 Å². The topological polar surface area (TPSA) is 103 Å². The summed E-state index contributed by atoms with van der Waals surface area (Å²) < 4.78 is 23.9. The van der Waals surface area contributed by atoms with E-state index in [2.05, 4.69) is 15.4 Å². The number of tetrazole rings is 1. The first-order chi connectivity index (χ1) is 17.0. The van der Waals surface area contributed by atoms with Gasteiger partial charge in [-0.1, -0.05) is 0 Å². The number of nitrogens with zero attached hydrogens (tertiary/aromatic N) is 6. The Morgan fingerprint density at radius 1 is 0.971 bits per heavy atom. The van der Waals surface area contributed by atoms with Gasteiger partial charge in [-0.05, 0) is 60.5 Å². The second-order valence-electron chi connectivity index (χ2n) is 8.53. The molecule has 2 fully saturated rings. The minimum absolute atomic E-state index is 0.0352. The highest BCUT2D eigenvalue weighted by Gasteiger charge is 2.43. The predicted molar refractivity (Wildman–Crippen MR) is 123 cm³/mol. The molecule has 0 bridgehead atoms.